The Hall–Kier alpha value is -2.30. The first-order chi connectivity index (χ1) is 11.6. The number of aryl methyl sites for hydroxylation is 2. The maximum absolute atomic E-state index is 13.0. The summed E-state index contributed by atoms with van der Waals surface area (Å²) in [5.41, 5.74) is 0.702. The number of carbonyl (C=O) groups is 1. The summed E-state index contributed by atoms with van der Waals surface area (Å²) in [6.45, 7) is 3.74. The molecule has 2 aromatic rings. The Bertz CT molecular complexity index is 726. The fourth-order valence-electron chi connectivity index (χ4n) is 4.12. The summed E-state index contributed by atoms with van der Waals surface area (Å²) in [7, 11) is 0. The van der Waals surface area contributed by atoms with Gasteiger partial charge in [0.25, 0.3) is 5.91 Å². The van der Waals surface area contributed by atoms with Gasteiger partial charge in [-0.3, -0.25) is 4.79 Å². The van der Waals surface area contributed by atoms with E-state index in [2.05, 4.69) is 9.88 Å². The van der Waals surface area contributed by atoms with Gasteiger partial charge in [-0.1, -0.05) is 6.07 Å². The number of hydrogen-bond donors (Lipinski definition) is 0. The van der Waals surface area contributed by atoms with Crippen LogP contribution in [0.25, 0.3) is 0 Å². The molecule has 4 rings (SSSR count). The molecule has 0 aliphatic carbocycles. The topological polar surface area (TPSA) is 55.6 Å². The van der Waals surface area contributed by atoms with Gasteiger partial charge in [0.15, 0.2) is 0 Å². The van der Waals surface area contributed by atoms with Crippen molar-refractivity contribution >= 4 is 5.91 Å². The van der Waals surface area contributed by atoms with Gasteiger partial charge >= 0.3 is 0 Å². The van der Waals surface area contributed by atoms with Crippen molar-refractivity contribution in [3.63, 3.8) is 0 Å². The summed E-state index contributed by atoms with van der Waals surface area (Å²) >= 11 is 0. The molecule has 2 aromatic heterocycles. The van der Waals surface area contributed by atoms with E-state index < -0.39 is 0 Å². The number of furan rings is 1. The van der Waals surface area contributed by atoms with Crippen molar-refractivity contribution in [2.45, 2.75) is 57.7 Å². The molecule has 0 saturated carbocycles. The molecule has 0 aromatic carbocycles. The van der Waals surface area contributed by atoms with Crippen LogP contribution in [0, 0.1) is 13.8 Å². The second-order valence-corrected chi connectivity index (χ2v) is 6.80. The van der Waals surface area contributed by atoms with Gasteiger partial charge in [0.2, 0.25) is 5.88 Å². The lowest BCUT2D eigenvalue weighted by molar-refractivity contribution is 0.0346. The number of pyridine rings is 1. The number of fused-ring (bicyclic) bond motifs is 2. The molecule has 2 aliphatic rings. The summed E-state index contributed by atoms with van der Waals surface area (Å²) in [5.74, 6) is 2.27. The average molecular weight is 326 g/mol. The lowest BCUT2D eigenvalue weighted by atomic mass is 9.98. The Morgan fingerprint density at radius 3 is 2.58 bits per heavy atom. The van der Waals surface area contributed by atoms with E-state index in [1.807, 2.05) is 38.1 Å². The van der Waals surface area contributed by atoms with Crippen molar-refractivity contribution in [2.24, 2.45) is 0 Å². The molecule has 0 radical (unpaired) electrons. The van der Waals surface area contributed by atoms with Gasteiger partial charge in [-0.25, -0.2) is 4.98 Å². The number of piperidine rings is 1. The molecule has 2 atom stereocenters. The van der Waals surface area contributed by atoms with Gasteiger partial charge in [-0.15, -0.1) is 0 Å². The number of hydrogen-bond acceptors (Lipinski definition) is 4. The Morgan fingerprint density at radius 2 is 2.00 bits per heavy atom. The molecule has 24 heavy (non-hydrogen) atoms. The molecule has 2 unspecified atom stereocenters. The van der Waals surface area contributed by atoms with E-state index in [0.29, 0.717) is 17.2 Å². The molecule has 5 heteroatoms. The second-order valence-electron chi connectivity index (χ2n) is 6.80. The van der Waals surface area contributed by atoms with E-state index in [-0.39, 0.29) is 24.1 Å². The maximum Gasteiger partial charge on any atom is 0.257 e. The summed E-state index contributed by atoms with van der Waals surface area (Å²) < 4.78 is 11.6. The van der Waals surface area contributed by atoms with Gasteiger partial charge in [-0.05, 0) is 38.8 Å². The zero-order chi connectivity index (χ0) is 16.7. The van der Waals surface area contributed by atoms with Gasteiger partial charge in [0.05, 0.1) is 5.56 Å². The third-order valence-corrected chi connectivity index (χ3v) is 5.12. The number of aromatic nitrogens is 1. The number of rotatable bonds is 3. The van der Waals surface area contributed by atoms with Crippen LogP contribution in [0.4, 0.5) is 0 Å². The van der Waals surface area contributed by atoms with E-state index in [1.54, 1.807) is 6.20 Å². The van der Waals surface area contributed by atoms with Crippen LogP contribution < -0.4 is 4.74 Å². The van der Waals surface area contributed by atoms with Crippen LogP contribution in [-0.2, 0) is 0 Å². The molecule has 2 fully saturated rings. The Labute approximate surface area is 141 Å². The molecule has 0 N–H and O–H groups in total. The maximum atomic E-state index is 13.0. The molecule has 5 nitrogen and oxygen atoms in total. The fourth-order valence-corrected chi connectivity index (χ4v) is 4.12. The van der Waals surface area contributed by atoms with Crippen molar-refractivity contribution in [3.8, 4) is 5.88 Å². The molecule has 2 aliphatic heterocycles. The molecule has 0 spiro atoms. The molecule has 2 bridgehead atoms. The monoisotopic (exact) mass is 326 g/mol. The van der Waals surface area contributed by atoms with Crippen LogP contribution in [0.5, 0.6) is 5.88 Å². The number of ether oxygens (including phenoxy) is 1. The molecular formula is C19H22N2O3. The van der Waals surface area contributed by atoms with Crippen molar-refractivity contribution in [3.05, 3.63) is 47.5 Å². The van der Waals surface area contributed by atoms with Gasteiger partial charge in [-0.2, -0.15) is 0 Å². The normalized spacial score (nSPS) is 25.8. The van der Waals surface area contributed by atoms with E-state index in [1.165, 1.54) is 0 Å². The summed E-state index contributed by atoms with van der Waals surface area (Å²) in [6, 6.07) is 8.05. The van der Waals surface area contributed by atoms with Crippen LogP contribution in [0.3, 0.4) is 0 Å². The van der Waals surface area contributed by atoms with Crippen molar-refractivity contribution < 1.29 is 13.9 Å². The van der Waals surface area contributed by atoms with Gasteiger partial charge in [0, 0.05) is 37.2 Å². The Kier molecular flexibility index (Phi) is 3.79. The highest BCUT2D eigenvalue weighted by molar-refractivity contribution is 5.96. The van der Waals surface area contributed by atoms with E-state index in [4.69, 9.17) is 9.15 Å². The quantitative estimate of drug-likeness (QED) is 0.866. The highest BCUT2D eigenvalue weighted by Gasteiger charge is 2.44. The van der Waals surface area contributed by atoms with Crippen LogP contribution in [-0.4, -0.2) is 34.0 Å². The molecule has 2 saturated heterocycles. The fraction of sp³-hybridized carbons (Fsp3) is 0.474. The summed E-state index contributed by atoms with van der Waals surface area (Å²) in [5, 5.41) is 0. The van der Waals surface area contributed by atoms with Crippen LogP contribution >= 0.6 is 0 Å². The number of nitrogens with zero attached hydrogens (tertiary/aromatic N) is 2. The van der Waals surface area contributed by atoms with Crippen LogP contribution in [0.1, 0.15) is 47.6 Å². The minimum absolute atomic E-state index is 0.105. The SMILES string of the molecule is Cc1cc(C(=O)N2C3CCC2CC(Oc2ccccn2)C3)c(C)o1. The highest BCUT2D eigenvalue weighted by atomic mass is 16.5. The van der Waals surface area contributed by atoms with E-state index in [9.17, 15) is 4.79 Å². The van der Waals surface area contributed by atoms with Gasteiger partial charge < -0.3 is 14.1 Å². The lowest BCUT2D eigenvalue weighted by Gasteiger charge is -2.38. The Balaban J connectivity index is 1.49. The lowest BCUT2D eigenvalue weighted by Crippen LogP contribution is -2.49. The summed E-state index contributed by atoms with van der Waals surface area (Å²) in [4.78, 5) is 19.3. The third-order valence-electron chi connectivity index (χ3n) is 5.12. The van der Waals surface area contributed by atoms with Crippen LogP contribution in [0.2, 0.25) is 0 Å². The van der Waals surface area contributed by atoms with Crippen molar-refractivity contribution in [1.82, 2.24) is 9.88 Å². The van der Waals surface area contributed by atoms with Gasteiger partial charge in [0.1, 0.15) is 17.6 Å². The zero-order valence-electron chi connectivity index (χ0n) is 14.1. The highest BCUT2D eigenvalue weighted by Crippen LogP contribution is 2.38. The van der Waals surface area contributed by atoms with Crippen molar-refractivity contribution in [1.29, 1.82) is 0 Å². The smallest absolute Gasteiger partial charge is 0.257 e. The molecule has 126 valence electrons. The predicted octanol–water partition coefficient (Wildman–Crippen LogP) is 3.51. The van der Waals surface area contributed by atoms with Crippen molar-refractivity contribution in [2.75, 3.05) is 0 Å². The first-order valence-electron chi connectivity index (χ1n) is 8.59. The van der Waals surface area contributed by atoms with E-state index in [0.717, 1.165) is 31.4 Å². The minimum Gasteiger partial charge on any atom is -0.474 e. The largest absolute Gasteiger partial charge is 0.474 e. The predicted molar refractivity (Wildman–Crippen MR) is 89.0 cm³/mol. The molecule has 4 heterocycles. The molecule has 1 amide bonds. The Morgan fingerprint density at radius 1 is 1.25 bits per heavy atom. The summed E-state index contributed by atoms with van der Waals surface area (Å²) in [6.07, 6.45) is 5.72. The van der Waals surface area contributed by atoms with E-state index >= 15 is 0 Å². The first-order valence-corrected chi connectivity index (χ1v) is 8.59. The number of amides is 1. The second kappa shape index (κ2) is 5.96. The first kappa shape index (κ1) is 15.2. The number of carbonyl (C=O) groups excluding carboxylic acids is 1. The zero-order valence-corrected chi connectivity index (χ0v) is 14.1. The minimum atomic E-state index is 0.105. The molecular weight excluding hydrogens is 304 g/mol. The van der Waals surface area contributed by atoms with Crippen LogP contribution in [0.15, 0.2) is 34.9 Å². The standard InChI is InChI=1S/C19H22N2O3/c1-12-9-17(13(2)23-12)19(22)21-14-6-7-15(21)11-16(10-14)24-18-5-3-4-8-20-18/h3-5,8-9,14-16H,6-7,10-11H2,1-2H3. The third kappa shape index (κ3) is 2.68. The average Bonchev–Trinajstić information content (AvgIpc) is 3.04.